The Labute approximate surface area is 116 Å². The largest absolute Gasteiger partial charge is 0.493 e. The zero-order chi connectivity index (χ0) is 13.7. The number of hydrogen-bond acceptors (Lipinski definition) is 3. The minimum atomic E-state index is -0.267. The summed E-state index contributed by atoms with van der Waals surface area (Å²) in [4.78, 5) is 0.757. The molecule has 0 saturated carbocycles. The van der Waals surface area contributed by atoms with Crippen LogP contribution in [-0.2, 0) is 0 Å². The van der Waals surface area contributed by atoms with Gasteiger partial charge in [-0.3, -0.25) is 0 Å². The Balaban J connectivity index is 1.80. The van der Waals surface area contributed by atoms with Gasteiger partial charge in [0.15, 0.2) is 0 Å². The van der Waals surface area contributed by atoms with Crippen LogP contribution in [0.15, 0.2) is 47.4 Å². The summed E-state index contributed by atoms with van der Waals surface area (Å²) in [5.41, 5.74) is 7.57. The molecule has 100 valence electrons. The molecule has 0 aliphatic rings. The molecule has 0 unspecified atom stereocenters. The van der Waals surface area contributed by atoms with E-state index in [1.807, 2.05) is 31.2 Å². The van der Waals surface area contributed by atoms with Gasteiger partial charge in [0.05, 0.1) is 6.61 Å². The molecule has 0 aromatic heterocycles. The lowest BCUT2D eigenvalue weighted by Gasteiger charge is -2.08. The average Bonchev–Trinajstić information content (AvgIpc) is 2.40. The van der Waals surface area contributed by atoms with Gasteiger partial charge in [0.25, 0.3) is 0 Å². The molecule has 0 heterocycles. The standard InChI is InChI=1S/C15H16FNOS/c1-11-2-5-13(6-3-11)18-8-9-19-15-10-12(16)4-7-14(15)17/h2-7,10H,8-9,17H2,1H3. The van der Waals surface area contributed by atoms with E-state index in [0.29, 0.717) is 12.3 Å². The molecule has 2 N–H and O–H groups in total. The Morgan fingerprint density at radius 2 is 1.89 bits per heavy atom. The quantitative estimate of drug-likeness (QED) is 0.511. The van der Waals surface area contributed by atoms with E-state index in [2.05, 4.69) is 0 Å². The number of hydrogen-bond donors (Lipinski definition) is 1. The summed E-state index contributed by atoms with van der Waals surface area (Å²) < 4.78 is 18.7. The molecule has 2 nitrogen and oxygen atoms in total. The van der Waals surface area contributed by atoms with Gasteiger partial charge in [-0.15, -0.1) is 11.8 Å². The van der Waals surface area contributed by atoms with Crippen LogP contribution in [0.4, 0.5) is 10.1 Å². The Hall–Kier alpha value is -1.68. The van der Waals surface area contributed by atoms with Crippen LogP contribution in [0.1, 0.15) is 5.56 Å². The third-order valence-electron chi connectivity index (χ3n) is 2.61. The summed E-state index contributed by atoms with van der Waals surface area (Å²) in [6.45, 7) is 2.59. The summed E-state index contributed by atoms with van der Waals surface area (Å²) in [5.74, 6) is 1.30. The molecule has 0 fully saturated rings. The van der Waals surface area contributed by atoms with Crippen molar-refractivity contribution in [1.29, 1.82) is 0 Å². The first-order chi connectivity index (χ1) is 9.15. The zero-order valence-corrected chi connectivity index (χ0v) is 11.5. The summed E-state index contributed by atoms with van der Waals surface area (Å²) in [6, 6.07) is 12.3. The fourth-order valence-electron chi connectivity index (χ4n) is 1.58. The first kappa shape index (κ1) is 13.7. The average molecular weight is 277 g/mol. The van der Waals surface area contributed by atoms with Crippen molar-refractivity contribution in [2.24, 2.45) is 0 Å². The van der Waals surface area contributed by atoms with Crippen LogP contribution in [0.25, 0.3) is 0 Å². The van der Waals surface area contributed by atoms with Crippen molar-refractivity contribution in [3.8, 4) is 5.75 Å². The maximum Gasteiger partial charge on any atom is 0.124 e. The van der Waals surface area contributed by atoms with Gasteiger partial charge in [0.1, 0.15) is 11.6 Å². The molecule has 2 aromatic rings. The van der Waals surface area contributed by atoms with E-state index in [9.17, 15) is 4.39 Å². The molecule has 0 atom stereocenters. The third kappa shape index (κ3) is 4.17. The fourth-order valence-corrected chi connectivity index (χ4v) is 2.40. The predicted octanol–water partition coefficient (Wildman–Crippen LogP) is 3.89. The molecular weight excluding hydrogens is 261 g/mol. The summed E-state index contributed by atoms with van der Waals surface area (Å²) >= 11 is 1.49. The molecule has 2 rings (SSSR count). The van der Waals surface area contributed by atoms with Gasteiger partial charge in [-0.1, -0.05) is 17.7 Å². The third-order valence-corrected chi connectivity index (χ3v) is 3.64. The number of thioether (sulfide) groups is 1. The van der Waals surface area contributed by atoms with E-state index in [1.165, 1.54) is 29.5 Å². The van der Waals surface area contributed by atoms with E-state index in [4.69, 9.17) is 10.5 Å². The predicted molar refractivity (Wildman–Crippen MR) is 78.2 cm³/mol. The minimum Gasteiger partial charge on any atom is -0.493 e. The highest BCUT2D eigenvalue weighted by atomic mass is 32.2. The maximum absolute atomic E-state index is 13.1. The Morgan fingerprint density at radius 3 is 2.63 bits per heavy atom. The van der Waals surface area contributed by atoms with E-state index >= 15 is 0 Å². The normalized spacial score (nSPS) is 10.4. The van der Waals surface area contributed by atoms with Crippen molar-refractivity contribution in [3.05, 3.63) is 53.8 Å². The van der Waals surface area contributed by atoms with Gasteiger partial charge < -0.3 is 10.5 Å². The Kier molecular flexibility index (Phi) is 4.68. The maximum atomic E-state index is 13.1. The van der Waals surface area contributed by atoms with Gasteiger partial charge >= 0.3 is 0 Å². The number of halogens is 1. The van der Waals surface area contributed by atoms with Gasteiger partial charge in [0.2, 0.25) is 0 Å². The molecule has 0 aliphatic carbocycles. The molecule has 0 amide bonds. The highest BCUT2D eigenvalue weighted by molar-refractivity contribution is 7.99. The lowest BCUT2D eigenvalue weighted by atomic mass is 10.2. The summed E-state index contributed by atoms with van der Waals surface area (Å²) in [5, 5.41) is 0. The second-order valence-electron chi connectivity index (χ2n) is 4.19. The molecule has 19 heavy (non-hydrogen) atoms. The summed E-state index contributed by atoms with van der Waals surface area (Å²) in [6.07, 6.45) is 0. The van der Waals surface area contributed by atoms with Gasteiger partial charge in [0, 0.05) is 16.3 Å². The highest BCUT2D eigenvalue weighted by Gasteiger charge is 2.02. The number of ether oxygens (including phenoxy) is 1. The van der Waals surface area contributed by atoms with E-state index in [-0.39, 0.29) is 5.82 Å². The zero-order valence-electron chi connectivity index (χ0n) is 10.7. The van der Waals surface area contributed by atoms with E-state index < -0.39 is 0 Å². The number of rotatable bonds is 5. The van der Waals surface area contributed by atoms with Crippen molar-refractivity contribution in [1.82, 2.24) is 0 Å². The van der Waals surface area contributed by atoms with Gasteiger partial charge in [-0.2, -0.15) is 0 Å². The van der Waals surface area contributed by atoms with Crippen LogP contribution in [0.3, 0.4) is 0 Å². The molecule has 0 saturated heterocycles. The number of nitrogen functional groups attached to an aromatic ring is 1. The van der Waals surface area contributed by atoms with Crippen molar-refractivity contribution in [2.75, 3.05) is 18.1 Å². The SMILES string of the molecule is Cc1ccc(OCCSc2cc(F)ccc2N)cc1. The molecule has 2 aromatic carbocycles. The van der Waals surface area contributed by atoms with Crippen LogP contribution < -0.4 is 10.5 Å². The number of nitrogens with two attached hydrogens (primary N) is 1. The van der Waals surface area contributed by atoms with Gasteiger partial charge in [-0.05, 0) is 37.3 Å². The first-order valence-electron chi connectivity index (χ1n) is 6.02. The second-order valence-corrected chi connectivity index (χ2v) is 5.33. The lowest BCUT2D eigenvalue weighted by Crippen LogP contribution is -2.00. The van der Waals surface area contributed by atoms with Crippen LogP contribution in [0.2, 0.25) is 0 Å². The summed E-state index contributed by atoms with van der Waals surface area (Å²) in [7, 11) is 0. The van der Waals surface area contributed by atoms with E-state index in [1.54, 1.807) is 6.07 Å². The molecule has 0 bridgehead atoms. The second kappa shape index (κ2) is 6.48. The number of aryl methyl sites for hydroxylation is 1. The number of anilines is 1. The topological polar surface area (TPSA) is 35.2 Å². The molecule has 0 radical (unpaired) electrons. The Bertz CT molecular complexity index is 542. The van der Waals surface area contributed by atoms with Crippen LogP contribution in [0, 0.1) is 12.7 Å². The van der Waals surface area contributed by atoms with E-state index in [0.717, 1.165) is 16.4 Å². The van der Waals surface area contributed by atoms with Crippen molar-refractivity contribution >= 4 is 17.4 Å². The van der Waals surface area contributed by atoms with Crippen LogP contribution in [0.5, 0.6) is 5.75 Å². The van der Waals surface area contributed by atoms with Crippen LogP contribution in [-0.4, -0.2) is 12.4 Å². The Morgan fingerprint density at radius 1 is 1.16 bits per heavy atom. The molecule has 0 spiro atoms. The minimum absolute atomic E-state index is 0.267. The first-order valence-corrected chi connectivity index (χ1v) is 7.01. The van der Waals surface area contributed by atoms with Crippen LogP contribution >= 0.6 is 11.8 Å². The monoisotopic (exact) mass is 277 g/mol. The van der Waals surface area contributed by atoms with Crippen molar-refractivity contribution in [3.63, 3.8) is 0 Å². The highest BCUT2D eigenvalue weighted by Crippen LogP contribution is 2.25. The smallest absolute Gasteiger partial charge is 0.124 e. The number of benzene rings is 2. The van der Waals surface area contributed by atoms with Gasteiger partial charge in [-0.25, -0.2) is 4.39 Å². The molecule has 0 aliphatic heterocycles. The lowest BCUT2D eigenvalue weighted by molar-refractivity contribution is 0.344. The molecule has 4 heteroatoms. The fraction of sp³-hybridized carbons (Fsp3) is 0.200. The van der Waals surface area contributed by atoms with Crippen molar-refractivity contribution < 1.29 is 9.13 Å². The molecular formula is C15H16FNOS. The van der Waals surface area contributed by atoms with Crippen molar-refractivity contribution in [2.45, 2.75) is 11.8 Å².